The van der Waals surface area contributed by atoms with Crippen molar-refractivity contribution in [3.63, 3.8) is 0 Å². The second-order valence-corrected chi connectivity index (χ2v) is 9.52. The minimum Gasteiger partial charge on any atom is -0.340 e. The van der Waals surface area contributed by atoms with Crippen LogP contribution in [0.3, 0.4) is 0 Å². The molecule has 2 aliphatic rings. The lowest BCUT2D eigenvalue weighted by atomic mass is 9.88. The number of piperazine rings is 1. The molecule has 160 valence electrons. The number of aryl methyl sites for hydroxylation is 1. The maximum atomic E-state index is 13.0. The molecule has 2 fully saturated rings. The number of carbonyl (C=O) groups excluding carboxylic acids is 1. The van der Waals surface area contributed by atoms with Gasteiger partial charge in [0.05, 0.1) is 6.04 Å². The molecule has 0 N–H and O–H groups in total. The average Bonchev–Trinajstić information content (AvgIpc) is 2.77. The highest BCUT2D eigenvalue weighted by Gasteiger charge is 2.32. The van der Waals surface area contributed by atoms with Crippen molar-refractivity contribution < 1.29 is 4.79 Å². The molecule has 3 nitrogen and oxygen atoms in total. The largest absolute Gasteiger partial charge is 0.340 e. The third-order valence-corrected chi connectivity index (χ3v) is 7.16. The molecular weight excluding hydrogens is 415 g/mol. The van der Waals surface area contributed by atoms with Crippen molar-refractivity contribution in [1.82, 2.24) is 9.80 Å². The third-order valence-electron chi connectivity index (χ3n) is 6.60. The number of carbonyl (C=O) groups is 1. The molecule has 5 heteroatoms. The SMILES string of the molecule is Cc1ccc(C(c2ccc(Cl)cc2Cl)N2CCN(C(=O)C3CCCCC3)CC2)cc1. The van der Waals surface area contributed by atoms with Gasteiger partial charge in [0.2, 0.25) is 5.91 Å². The van der Waals surface area contributed by atoms with Crippen molar-refractivity contribution in [3.05, 3.63) is 69.2 Å². The highest BCUT2D eigenvalue weighted by molar-refractivity contribution is 6.35. The molecule has 1 aliphatic carbocycles. The Bertz CT molecular complexity index is 869. The molecule has 0 spiro atoms. The molecule has 4 rings (SSSR count). The molecule has 2 aromatic carbocycles. The summed E-state index contributed by atoms with van der Waals surface area (Å²) in [7, 11) is 0. The normalized spacial score (nSPS) is 19.6. The topological polar surface area (TPSA) is 23.6 Å². The van der Waals surface area contributed by atoms with Crippen LogP contribution < -0.4 is 0 Å². The van der Waals surface area contributed by atoms with Gasteiger partial charge in [-0.1, -0.05) is 78.4 Å². The quantitative estimate of drug-likeness (QED) is 0.567. The van der Waals surface area contributed by atoms with E-state index in [9.17, 15) is 4.79 Å². The van der Waals surface area contributed by atoms with Crippen LogP contribution in [0.1, 0.15) is 54.8 Å². The third kappa shape index (κ3) is 4.85. The summed E-state index contributed by atoms with van der Waals surface area (Å²) in [6.45, 7) is 5.35. The van der Waals surface area contributed by atoms with Crippen LogP contribution in [-0.4, -0.2) is 41.9 Å². The van der Waals surface area contributed by atoms with Crippen LogP contribution in [0.25, 0.3) is 0 Å². The summed E-state index contributed by atoms with van der Waals surface area (Å²) >= 11 is 12.8. The van der Waals surface area contributed by atoms with Gasteiger partial charge < -0.3 is 4.90 Å². The fourth-order valence-corrected chi connectivity index (χ4v) is 5.38. The molecule has 1 aliphatic heterocycles. The summed E-state index contributed by atoms with van der Waals surface area (Å²) in [5.41, 5.74) is 3.52. The van der Waals surface area contributed by atoms with Crippen molar-refractivity contribution in [2.75, 3.05) is 26.2 Å². The van der Waals surface area contributed by atoms with Gasteiger partial charge in [-0.15, -0.1) is 0 Å². The summed E-state index contributed by atoms with van der Waals surface area (Å²) in [6.07, 6.45) is 5.79. The van der Waals surface area contributed by atoms with E-state index in [1.807, 2.05) is 18.2 Å². The molecule has 1 heterocycles. The number of amides is 1. The van der Waals surface area contributed by atoms with Crippen LogP contribution in [0, 0.1) is 12.8 Å². The molecule has 1 atom stereocenters. The number of halogens is 2. The maximum Gasteiger partial charge on any atom is 0.225 e. The average molecular weight is 445 g/mol. The van der Waals surface area contributed by atoms with E-state index in [2.05, 4.69) is 41.0 Å². The van der Waals surface area contributed by atoms with E-state index in [4.69, 9.17) is 23.2 Å². The van der Waals surface area contributed by atoms with Gasteiger partial charge in [-0.05, 0) is 43.0 Å². The predicted molar refractivity (Wildman–Crippen MR) is 124 cm³/mol. The highest BCUT2D eigenvalue weighted by Crippen LogP contribution is 2.36. The molecule has 1 unspecified atom stereocenters. The highest BCUT2D eigenvalue weighted by atomic mass is 35.5. The van der Waals surface area contributed by atoms with E-state index in [1.54, 1.807) is 0 Å². The maximum absolute atomic E-state index is 13.0. The fourth-order valence-electron chi connectivity index (χ4n) is 4.87. The van der Waals surface area contributed by atoms with Gasteiger partial charge in [-0.3, -0.25) is 9.69 Å². The van der Waals surface area contributed by atoms with Crippen molar-refractivity contribution in [1.29, 1.82) is 0 Å². The minimum absolute atomic E-state index is 0.0577. The zero-order valence-corrected chi connectivity index (χ0v) is 19.1. The van der Waals surface area contributed by atoms with Crippen LogP contribution >= 0.6 is 23.2 Å². The zero-order valence-electron chi connectivity index (χ0n) is 17.6. The number of nitrogens with zero attached hydrogens (tertiary/aromatic N) is 2. The van der Waals surface area contributed by atoms with Crippen LogP contribution in [0.15, 0.2) is 42.5 Å². The number of hydrogen-bond donors (Lipinski definition) is 0. The first-order chi connectivity index (χ1) is 14.5. The Morgan fingerprint density at radius 1 is 0.933 bits per heavy atom. The summed E-state index contributed by atoms with van der Waals surface area (Å²) in [5.74, 6) is 0.606. The lowest BCUT2D eigenvalue weighted by Crippen LogP contribution is -2.51. The second-order valence-electron chi connectivity index (χ2n) is 8.68. The van der Waals surface area contributed by atoms with Crippen molar-refractivity contribution >= 4 is 29.1 Å². The first-order valence-corrected chi connectivity index (χ1v) is 11.8. The Labute approximate surface area is 190 Å². The molecule has 1 saturated heterocycles. The van der Waals surface area contributed by atoms with E-state index < -0.39 is 0 Å². The first-order valence-electron chi connectivity index (χ1n) is 11.1. The Hall–Kier alpha value is -1.55. The number of rotatable bonds is 4. The van der Waals surface area contributed by atoms with Gasteiger partial charge >= 0.3 is 0 Å². The Balaban J connectivity index is 1.53. The lowest BCUT2D eigenvalue weighted by Gasteiger charge is -2.41. The molecule has 1 saturated carbocycles. The van der Waals surface area contributed by atoms with E-state index >= 15 is 0 Å². The van der Waals surface area contributed by atoms with Gasteiger partial charge in [-0.25, -0.2) is 0 Å². The minimum atomic E-state index is 0.0577. The fraction of sp³-hybridized carbons (Fsp3) is 0.480. The summed E-state index contributed by atoms with van der Waals surface area (Å²) in [6, 6.07) is 14.5. The summed E-state index contributed by atoms with van der Waals surface area (Å²) < 4.78 is 0. The predicted octanol–water partition coefficient (Wildman–Crippen LogP) is 6.12. The zero-order chi connectivity index (χ0) is 21.1. The van der Waals surface area contributed by atoms with Gasteiger partial charge in [0.1, 0.15) is 0 Å². The van der Waals surface area contributed by atoms with Crippen molar-refractivity contribution in [2.45, 2.75) is 45.1 Å². The standard InChI is InChI=1S/C25H30Cl2N2O/c1-18-7-9-19(10-8-18)24(22-12-11-21(26)17-23(22)27)28-13-15-29(16-14-28)25(30)20-5-3-2-4-6-20/h7-12,17,20,24H,2-6,13-16H2,1H3. The van der Waals surface area contributed by atoms with Crippen LogP contribution in [0.5, 0.6) is 0 Å². The summed E-state index contributed by atoms with van der Waals surface area (Å²) in [4.78, 5) is 17.5. The van der Waals surface area contributed by atoms with E-state index in [-0.39, 0.29) is 12.0 Å². The lowest BCUT2D eigenvalue weighted by molar-refractivity contribution is -0.138. The van der Waals surface area contributed by atoms with E-state index in [0.717, 1.165) is 44.6 Å². The van der Waals surface area contributed by atoms with E-state index in [1.165, 1.54) is 30.4 Å². The molecule has 2 aromatic rings. The Kier molecular flexibility index (Phi) is 7.02. The number of hydrogen-bond acceptors (Lipinski definition) is 2. The molecule has 0 radical (unpaired) electrons. The number of benzene rings is 2. The van der Waals surface area contributed by atoms with Gasteiger partial charge in [0, 0.05) is 42.1 Å². The van der Waals surface area contributed by atoms with Crippen molar-refractivity contribution in [3.8, 4) is 0 Å². The molecule has 1 amide bonds. The molecule has 0 bridgehead atoms. The Morgan fingerprint density at radius 2 is 1.60 bits per heavy atom. The molecular formula is C25H30Cl2N2O. The summed E-state index contributed by atoms with van der Waals surface area (Å²) in [5, 5.41) is 1.34. The Morgan fingerprint density at radius 3 is 2.23 bits per heavy atom. The van der Waals surface area contributed by atoms with Crippen LogP contribution in [0.2, 0.25) is 10.0 Å². The van der Waals surface area contributed by atoms with Gasteiger partial charge in [-0.2, -0.15) is 0 Å². The van der Waals surface area contributed by atoms with Gasteiger partial charge in [0.15, 0.2) is 0 Å². The van der Waals surface area contributed by atoms with Crippen molar-refractivity contribution in [2.24, 2.45) is 5.92 Å². The van der Waals surface area contributed by atoms with Gasteiger partial charge in [0.25, 0.3) is 0 Å². The van der Waals surface area contributed by atoms with Crippen LogP contribution in [0.4, 0.5) is 0 Å². The first kappa shape index (κ1) is 21.7. The molecule has 0 aromatic heterocycles. The van der Waals surface area contributed by atoms with E-state index in [0.29, 0.717) is 16.0 Å². The monoisotopic (exact) mass is 444 g/mol. The molecule has 30 heavy (non-hydrogen) atoms. The van der Waals surface area contributed by atoms with Crippen LogP contribution in [-0.2, 0) is 4.79 Å². The second kappa shape index (κ2) is 9.72. The smallest absolute Gasteiger partial charge is 0.225 e.